The number of anilines is 1. The van der Waals surface area contributed by atoms with Crippen LogP contribution in [0, 0.1) is 11.8 Å². The third-order valence-corrected chi connectivity index (χ3v) is 4.33. The van der Waals surface area contributed by atoms with E-state index >= 15 is 0 Å². The highest BCUT2D eigenvalue weighted by Gasteiger charge is 2.18. The second-order valence-corrected chi connectivity index (χ2v) is 6.13. The highest BCUT2D eigenvalue weighted by Crippen LogP contribution is 2.24. The molecule has 1 aliphatic heterocycles. The largest absolute Gasteiger partial charge is 0.382 e. The minimum absolute atomic E-state index is 0.620. The van der Waals surface area contributed by atoms with Gasteiger partial charge in [-0.15, -0.1) is 0 Å². The van der Waals surface area contributed by atoms with E-state index in [-0.39, 0.29) is 0 Å². The van der Waals surface area contributed by atoms with Crippen molar-refractivity contribution in [2.75, 3.05) is 25.4 Å². The highest BCUT2D eigenvalue weighted by molar-refractivity contribution is 5.23. The van der Waals surface area contributed by atoms with Crippen LogP contribution >= 0.6 is 0 Å². The van der Waals surface area contributed by atoms with E-state index in [1.165, 1.54) is 38.9 Å². The predicted molar refractivity (Wildman–Crippen MR) is 79.9 cm³/mol. The molecule has 0 spiro atoms. The number of nitrogen functional groups attached to an aromatic ring is 1. The van der Waals surface area contributed by atoms with Crippen LogP contribution in [0.4, 0.5) is 5.82 Å². The molecule has 2 heterocycles. The van der Waals surface area contributed by atoms with Crippen LogP contribution in [-0.4, -0.2) is 34.3 Å². The average molecular weight is 264 g/mol. The van der Waals surface area contributed by atoms with E-state index in [1.807, 2.05) is 16.9 Å². The molecule has 0 bridgehead atoms. The fourth-order valence-corrected chi connectivity index (χ4v) is 3.03. The van der Waals surface area contributed by atoms with E-state index in [4.69, 9.17) is 5.73 Å². The van der Waals surface area contributed by atoms with Crippen LogP contribution in [0.1, 0.15) is 39.5 Å². The summed E-state index contributed by atoms with van der Waals surface area (Å²) in [6, 6.07) is 1.86. The Morgan fingerprint density at radius 3 is 2.84 bits per heavy atom. The molecule has 4 heteroatoms. The van der Waals surface area contributed by atoms with Gasteiger partial charge in [-0.2, -0.15) is 5.10 Å². The SMILES string of the molecule is CC(C)C1CCCN(CCCn2ccc(N)n2)CC1. The third-order valence-electron chi connectivity index (χ3n) is 4.33. The lowest BCUT2D eigenvalue weighted by Gasteiger charge is -2.21. The number of likely N-dealkylation sites (tertiary alicyclic amines) is 1. The summed E-state index contributed by atoms with van der Waals surface area (Å²) in [6.45, 7) is 9.42. The second-order valence-electron chi connectivity index (χ2n) is 6.13. The number of aryl methyl sites for hydroxylation is 1. The summed E-state index contributed by atoms with van der Waals surface area (Å²) >= 11 is 0. The van der Waals surface area contributed by atoms with Crippen molar-refractivity contribution in [3.63, 3.8) is 0 Å². The molecule has 19 heavy (non-hydrogen) atoms. The molecule has 108 valence electrons. The van der Waals surface area contributed by atoms with Gasteiger partial charge in [0.05, 0.1) is 0 Å². The molecule has 2 rings (SSSR count). The molecule has 1 aliphatic rings. The van der Waals surface area contributed by atoms with Gasteiger partial charge in [-0.1, -0.05) is 13.8 Å². The van der Waals surface area contributed by atoms with E-state index in [1.54, 1.807) is 0 Å². The van der Waals surface area contributed by atoms with Gasteiger partial charge in [-0.3, -0.25) is 4.68 Å². The molecule has 0 amide bonds. The normalized spacial score (nSPS) is 21.7. The van der Waals surface area contributed by atoms with Gasteiger partial charge in [0, 0.05) is 12.7 Å². The first-order valence-corrected chi connectivity index (χ1v) is 7.66. The maximum atomic E-state index is 5.61. The number of aromatic nitrogens is 2. The van der Waals surface area contributed by atoms with Crippen LogP contribution in [0.25, 0.3) is 0 Å². The van der Waals surface area contributed by atoms with Crippen molar-refractivity contribution in [2.24, 2.45) is 11.8 Å². The molecule has 4 nitrogen and oxygen atoms in total. The van der Waals surface area contributed by atoms with Crippen LogP contribution < -0.4 is 5.73 Å². The van der Waals surface area contributed by atoms with Gasteiger partial charge in [0.2, 0.25) is 0 Å². The first-order chi connectivity index (χ1) is 9.15. The number of rotatable bonds is 5. The third kappa shape index (κ3) is 4.53. The molecule has 1 atom stereocenters. The van der Waals surface area contributed by atoms with Crippen LogP contribution in [0.2, 0.25) is 0 Å². The molecule has 0 aliphatic carbocycles. The van der Waals surface area contributed by atoms with Crippen molar-refractivity contribution < 1.29 is 0 Å². The minimum Gasteiger partial charge on any atom is -0.382 e. The van der Waals surface area contributed by atoms with Crippen molar-refractivity contribution >= 4 is 5.82 Å². The van der Waals surface area contributed by atoms with Crippen LogP contribution in [0.5, 0.6) is 0 Å². The average Bonchev–Trinajstić information content (AvgIpc) is 2.64. The highest BCUT2D eigenvalue weighted by atomic mass is 15.3. The number of hydrogen-bond acceptors (Lipinski definition) is 3. The maximum absolute atomic E-state index is 5.61. The number of hydrogen-bond donors (Lipinski definition) is 1. The molecular weight excluding hydrogens is 236 g/mol. The summed E-state index contributed by atoms with van der Waals surface area (Å²) in [5, 5.41) is 4.22. The second kappa shape index (κ2) is 6.94. The zero-order valence-corrected chi connectivity index (χ0v) is 12.4. The van der Waals surface area contributed by atoms with Crippen molar-refractivity contribution in [2.45, 2.75) is 46.1 Å². The number of nitrogens with two attached hydrogens (primary N) is 1. The Bertz CT molecular complexity index is 372. The van der Waals surface area contributed by atoms with E-state index in [0.29, 0.717) is 5.82 Å². The smallest absolute Gasteiger partial charge is 0.145 e. The first-order valence-electron chi connectivity index (χ1n) is 7.66. The summed E-state index contributed by atoms with van der Waals surface area (Å²) in [7, 11) is 0. The zero-order valence-electron chi connectivity index (χ0n) is 12.4. The summed E-state index contributed by atoms with van der Waals surface area (Å²) < 4.78 is 1.95. The van der Waals surface area contributed by atoms with Crippen LogP contribution in [0.3, 0.4) is 0 Å². The molecule has 1 saturated heterocycles. The van der Waals surface area contributed by atoms with Crippen LogP contribution in [0.15, 0.2) is 12.3 Å². The molecule has 2 N–H and O–H groups in total. The Kier molecular flexibility index (Phi) is 5.25. The Balaban J connectivity index is 1.68. The fraction of sp³-hybridized carbons (Fsp3) is 0.800. The van der Waals surface area contributed by atoms with Crippen molar-refractivity contribution in [1.82, 2.24) is 14.7 Å². The quantitative estimate of drug-likeness (QED) is 0.889. The van der Waals surface area contributed by atoms with Gasteiger partial charge in [0.1, 0.15) is 5.82 Å². The van der Waals surface area contributed by atoms with Gasteiger partial charge < -0.3 is 10.6 Å². The first kappa shape index (κ1) is 14.4. The summed E-state index contributed by atoms with van der Waals surface area (Å²) in [5.74, 6) is 2.39. The Morgan fingerprint density at radius 2 is 2.16 bits per heavy atom. The molecule has 0 saturated carbocycles. The fourth-order valence-electron chi connectivity index (χ4n) is 3.03. The van der Waals surface area contributed by atoms with Gasteiger partial charge in [-0.25, -0.2) is 0 Å². The molecule has 1 aromatic rings. The Labute approximate surface area is 117 Å². The van der Waals surface area contributed by atoms with E-state index in [9.17, 15) is 0 Å². The van der Waals surface area contributed by atoms with Crippen molar-refractivity contribution in [3.8, 4) is 0 Å². The zero-order chi connectivity index (χ0) is 13.7. The molecular formula is C15H28N4. The Morgan fingerprint density at radius 1 is 1.32 bits per heavy atom. The maximum Gasteiger partial charge on any atom is 0.145 e. The van der Waals surface area contributed by atoms with Gasteiger partial charge in [0.15, 0.2) is 0 Å². The Hall–Kier alpha value is -1.03. The van der Waals surface area contributed by atoms with Crippen molar-refractivity contribution in [3.05, 3.63) is 12.3 Å². The summed E-state index contributed by atoms with van der Waals surface area (Å²) in [6.07, 6.45) is 7.26. The van der Waals surface area contributed by atoms with E-state index in [0.717, 1.165) is 24.8 Å². The minimum atomic E-state index is 0.620. The van der Waals surface area contributed by atoms with Crippen molar-refractivity contribution in [1.29, 1.82) is 0 Å². The molecule has 0 radical (unpaired) electrons. The topological polar surface area (TPSA) is 47.1 Å². The predicted octanol–water partition coefficient (Wildman–Crippen LogP) is 2.61. The summed E-state index contributed by atoms with van der Waals surface area (Å²) in [4.78, 5) is 2.62. The lowest BCUT2D eigenvalue weighted by molar-refractivity contribution is 0.263. The lowest BCUT2D eigenvalue weighted by atomic mass is 9.89. The van der Waals surface area contributed by atoms with Crippen LogP contribution in [-0.2, 0) is 6.54 Å². The van der Waals surface area contributed by atoms with Gasteiger partial charge in [0.25, 0.3) is 0 Å². The lowest BCUT2D eigenvalue weighted by Crippen LogP contribution is -2.27. The standard InChI is InChI=1S/C15H28N4/c1-13(2)14-5-3-8-18(11-6-14)9-4-10-19-12-7-15(16)17-19/h7,12-14H,3-6,8-11H2,1-2H3,(H2,16,17). The van der Waals surface area contributed by atoms with Gasteiger partial charge >= 0.3 is 0 Å². The molecule has 1 aromatic heterocycles. The van der Waals surface area contributed by atoms with E-state index in [2.05, 4.69) is 23.8 Å². The summed E-state index contributed by atoms with van der Waals surface area (Å²) in [5.41, 5.74) is 5.61. The van der Waals surface area contributed by atoms with E-state index < -0.39 is 0 Å². The van der Waals surface area contributed by atoms with Gasteiger partial charge in [-0.05, 0) is 63.2 Å². The molecule has 0 aromatic carbocycles. The monoisotopic (exact) mass is 264 g/mol. The molecule has 1 fully saturated rings. The number of nitrogens with zero attached hydrogens (tertiary/aromatic N) is 3. The molecule has 1 unspecified atom stereocenters.